The molecule has 1 aromatic heterocycles. The molecule has 1 saturated heterocycles. The quantitative estimate of drug-likeness (QED) is 0.764. The Balaban J connectivity index is 1.73. The van der Waals surface area contributed by atoms with Gasteiger partial charge in [-0.3, -0.25) is 4.90 Å². The number of nitrogens with zero attached hydrogens (tertiary/aromatic N) is 1. The van der Waals surface area contributed by atoms with Crippen LogP contribution < -0.4 is 4.74 Å². The summed E-state index contributed by atoms with van der Waals surface area (Å²) < 4.78 is 5.90. The summed E-state index contributed by atoms with van der Waals surface area (Å²) in [5.74, 6) is 0. The Hall–Kier alpha value is -0.540. The molecule has 1 atom stereocenters. The molecule has 0 bridgehead atoms. The van der Waals surface area contributed by atoms with E-state index >= 15 is 0 Å². The molecule has 1 unspecified atom stereocenters. The highest BCUT2D eigenvalue weighted by Crippen LogP contribution is 2.23. The van der Waals surface area contributed by atoms with E-state index in [2.05, 4.69) is 23.3 Å². The molecule has 2 rings (SSSR count). The van der Waals surface area contributed by atoms with Gasteiger partial charge in [0.15, 0.2) is 5.06 Å². The van der Waals surface area contributed by atoms with Crippen molar-refractivity contribution >= 4 is 11.3 Å². The third kappa shape index (κ3) is 3.21. The molecule has 1 aliphatic rings. The van der Waals surface area contributed by atoms with E-state index < -0.39 is 0 Å². The smallest absolute Gasteiger partial charge is 0.174 e. The van der Waals surface area contributed by atoms with Gasteiger partial charge < -0.3 is 4.74 Å². The van der Waals surface area contributed by atoms with Crippen LogP contribution in [0.1, 0.15) is 26.2 Å². The van der Waals surface area contributed by atoms with Crippen molar-refractivity contribution in [3.63, 3.8) is 0 Å². The van der Waals surface area contributed by atoms with Crippen LogP contribution in [0.3, 0.4) is 0 Å². The molecule has 3 heteroatoms. The SMILES string of the molecule is CCCCN1CCC(Oc2cccs2)C1. The summed E-state index contributed by atoms with van der Waals surface area (Å²) in [6.45, 7) is 5.80. The Morgan fingerprint density at radius 1 is 1.60 bits per heavy atom. The molecule has 84 valence electrons. The molecule has 0 aliphatic carbocycles. The number of hydrogen-bond donors (Lipinski definition) is 0. The number of rotatable bonds is 5. The molecule has 2 heterocycles. The van der Waals surface area contributed by atoms with E-state index in [-0.39, 0.29) is 0 Å². The average Bonchev–Trinajstić information content (AvgIpc) is 2.87. The van der Waals surface area contributed by atoms with Crippen LogP contribution in [-0.2, 0) is 0 Å². The Labute approximate surface area is 95.9 Å². The number of unbranched alkanes of at least 4 members (excludes halogenated alkanes) is 1. The number of hydrogen-bond acceptors (Lipinski definition) is 3. The van der Waals surface area contributed by atoms with Crippen LogP contribution in [-0.4, -0.2) is 30.6 Å². The Morgan fingerprint density at radius 3 is 3.27 bits per heavy atom. The van der Waals surface area contributed by atoms with Crippen LogP contribution in [0, 0.1) is 0 Å². The van der Waals surface area contributed by atoms with Crippen molar-refractivity contribution < 1.29 is 4.74 Å². The molecule has 1 aliphatic heterocycles. The predicted octanol–water partition coefficient (Wildman–Crippen LogP) is 3.00. The summed E-state index contributed by atoms with van der Waals surface area (Å²) in [5.41, 5.74) is 0. The van der Waals surface area contributed by atoms with Gasteiger partial charge in [-0.05, 0) is 36.9 Å². The highest BCUT2D eigenvalue weighted by Gasteiger charge is 2.23. The highest BCUT2D eigenvalue weighted by atomic mass is 32.1. The molecule has 2 nitrogen and oxygen atoms in total. The van der Waals surface area contributed by atoms with Crippen molar-refractivity contribution in [3.05, 3.63) is 17.5 Å². The predicted molar refractivity (Wildman–Crippen MR) is 64.7 cm³/mol. The fraction of sp³-hybridized carbons (Fsp3) is 0.667. The summed E-state index contributed by atoms with van der Waals surface area (Å²) in [6.07, 6.45) is 4.20. The fourth-order valence-corrected chi connectivity index (χ4v) is 2.61. The van der Waals surface area contributed by atoms with Crippen molar-refractivity contribution in [2.75, 3.05) is 19.6 Å². The van der Waals surface area contributed by atoms with E-state index in [1.165, 1.54) is 32.4 Å². The second kappa shape index (κ2) is 5.52. The maximum atomic E-state index is 5.90. The lowest BCUT2D eigenvalue weighted by atomic mass is 10.3. The Kier molecular flexibility index (Phi) is 4.03. The second-order valence-corrected chi connectivity index (χ2v) is 5.03. The molecule has 0 N–H and O–H groups in total. The van der Waals surface area contributed by atoms with Crippen molar-refractivity contribution in [2.45, 2.75) is 32.3 Å². The minimum absolute atomic E-state index is 0.417. The van der Waals surface area contributed by atoms with E-state index in [1.54, 1.807) is 11.3 Å². The molecule has 15 heavy (non-hydrogen) atoms. The lowest BCUT2D eigenvalue weighted by Crippen LogP contribution is -2.25. The van der Waals surface area contributed by atoms with Gasteiger partial charge in [0.25, 0.3) is 0 Å². The van der Waals surface area contributed by atoms with E-state index in [9.17, 15) is 0 Å². The fourth-order valence-electron chi connectivity index (χ4n) is 1.97. The zero-order valence-electron chi connectivity index (χ0n) is 9.32. The van der Waals surface area contributed by atoms with Gasteiger partial charge in [-0.15, -0.1) is 11.3 Å². The van der Waals surface area contributed by atoms with Gasteiger partial charge in [0.05, 0.1) is 0 Å². The first-order valence-corrected chi connectivity index (χ1v) is 6.69. The number of likely N-dealkylation sites (tertiary alicyclic amines) is 1. The van der Waals surface area contributed by atoms with Gasteiger partial charge in [0.2, 0.25) is 0 Å². The van der Waals surface area contributed by atoms with Crippen molar-refractivity contribution in [2.24, 2.45) is 0 Å². The molecule has 0 amide bonds. The summed E-state index contributed by atoms with van der Waals surface area (Å²) in [5, 5.41) is 3.14. The summed E-state index contributed by atoms with van der Waals surface area (Å²) in [7, 11) is 0. The summed E-state index contributed by atoms with van der Waals surface area (Å²) in [6, 6.07) is 4.10. The van der Waals surface area contributed by atoms with Gasteiger partial charge in [0, 0.05) is 13.1 Å². The first-order valence-electron chi connectivity index (χ1n) is 5.81. The molecule has 0 spiro atoms. The van der Waals surface area contributed by atoms with Crippen LogP contribution in [0.4, 0.5) is 0 Å². The third-order valence-electron chi connectivity index (χ3n) is 2.83. The van der Waals surface area contributed by atoms with E-state index in [0.717, 1.165) is 11.6 Å². The van der Waals surface area contributed by atoms with E-state index in [0.29, 0.717) is 6.10 Å². The van der Waals surface area contributed by atoms with Crippen LogP contribution in [0.5, 0.6) is 5.06 Å². The first-order chi connectivity index (χ1) is 7.38. The minimum Gasteiger partial charge on any atom is -0.479 e. The summed E-state index contributed by atoms with van der Waals surface area (Å²) >= 11 is 1.69. The molecule has 0 saturated carbocycles. The van der Waals surface area contributed by atoms with Gasteiger partial charge >= 0.3 is 0 Å². The van der Waals surface area contributed by atoms with Crippen molar-refractivity contribution in [1.29, 1.82) is 0 Å². The first kappa shape index (κ1) is 11.0. The molecule has 1 fully saturated rings. The maximum Gasteiger partial charge on any atom is 0.174 e. The molecular formula is C12H19NOS. The highest BCUT2D eigenvalue weighted by molar-refractivity contribution is 7.11. The second-order valence-electron chi connectivity index (χ2n) is 4.11. The zero-order valence-corrected chi connectivity index (χ0v) is 10.1. The Bertz CT molecular complexity index is 273. The van der Waals surface area contributed by atoms with Gasteiger partial charge in [-0.2, -0.15) is 0 Å². The molecular weight excluding hydrogens is 206 g/mol. The minimum atomic E-state index is 0.417. The number of ether oxygens (including phenoxy) is 1. The van der Waals surface area contributed by atoms with Gasteiger partial charge in [-0.25, -0.2) is 0 Å². The standard InChI is InChI=1S/C12H19NOS/c1-2-3-7-13-8-6-11(10-13)14-12-5-4-9-15-12/h4-5,9,11H,2-3,6-8,10H2,1H3. The van der Waals surface area contributed by atoms with Crippen LogP contribution in [0.25, 0.3) is 0 Å². The van der Waals surface area contributed by atoms with Gasteiger partial charge in [0.1, 0.15) is 6.10 Å². The molecule has 0 radical (unpaired) electrons. The van der Waals surface area contributed by atoms with E-state index in [4.69, 9.17) is 4.74 Å². The van der Waals surface area contributed by atoms with Crippen molar-refractivity contribution in [1.82, 2.24) is 4.90 Å². The third-order valence-corrected chi connectivity index (χ3v) is 3.59. The van der Waals surface area contributed by atoms with Crippen LogP contribution >= 0.6 is 11.3 Å². The number of thiophene rings is 1. The largest absolute Gasteiger partial charge is 0.479 e. The van der Waals surface area contributed by atoms with Crippen LogP contribution in [0.2, 0.25) is 0 Å². The molecule has 0 aromatic carbocycles. The summed E-state index contributed by atoms with van der Waals surface area (Å²) in [4.78, 5) is 2.52. The Morgan fingerprint density at radius 2 is 2.53 bits per heavy atom. The molecule has 1 aromatic rings. The maximum absolute atomic E-state index is 5.90. The monoisotopic (exact) mass is 225 g/mol. The lowest BCUT2D eigenvalue weighted by molar-refractivity contribution is 0.205. The topological polar surface area (TPSA) is 12.5 Å². The van der Waals surface area contributed by atoms with Crippen LogP contribution in [0.15, 0.2) is 17.5 Å². The van der Waals surface area contributed by atoms with Gasteiger partial charge in [-0.1, -0.05) is 13.3 Å². The van der Waals surface area contributed by atoms with Crippen molar-refractivity contribution in [3.8, 4) is 5.06 Å². The zero-order chi connectivity index (χ0) is 10.5. The normalized spacial score (nSPS) is 22.1. The lowest BCUT2D eigenvalue weighted by Gasteiger charge is -2.15. The average molecular weight is 225 g/mol. The van der Waals surface area contributed by atoms with E-state index in [1.807, 2.05) is 6.07 Å².